The fourth-order valence-corrected chi connectivity index (χ4v) is 0.847. The first-order valence-corrected chi connectivity index (χ1v) is 4.65. The van der Waals surface area contributed by atoms with Gasteiger partial charge in [0.15, 0.2) is 0 Å². The Morgan fingerprint density at radius 2 is 1.93 bits per heavy atom. The van der Waals surface area contributed by atoms with Crippen LogP contribution >= 0.6 is 0 Å². The monoisotopic (exact) mass is 193 g/mol. The van der Waals surface area contributed by atoms with Gasteiger partial charge in [-0.25, -0.2) is 4.99 Å². The fraction of sp³-hybridized carbons (Fsp3) is 0.455. The second-order valence-electron chi connectivity index (χ2n) is 2.85. The lowest BCUT2D eigenvalue weighted by molar-refractivity contribution is 0.634. The van der Waals surface area contributed by atoms with Crippen molar-refractivity contribution in [2.24, 2.45) is 9.98 Å². The first kappa shape index (κ1) is 12.6. The zero-order chi connectivity index (χ0) is 11.0. The maximum absolute atomic E-state index is 4.27. The number of nitrogens with zero attached hydrogens (tertiary/aromatic N) is 3. The van der Waals surface area contributed by atoms with E-state index in [0.717, 1.165) is 11.5 Å². The van der Waals surface area contributed by atoms with Gasteiger partial charge >= 0.3 is 0 Å². The van der Waals surface area contributed by atoms with Crippen molar-refractivity contribution >= 4 is 12.1 Å². The number of hydrogen-bond acceptors (Lipinski definition) is 2. The van der Waals surface area contributed by atoms with E-state index in [9.17, 15) is 0 Å². The molecule has 14 heavy (non-hydrogen) atoms. The van der Waals surface area contributed by atoms with Crippen LogP contribution in [0.15, 0.2) is 34.0 Å². The maximum Gasteiger partial charge on any atom is 0.150 e. The largest absolute Gasteiger partial charge is 0.333 e. The second kappa shape index (κ2) is 7.06. The van der Waals surface area contributed by atoms with Crippen molar-refractivity contribution < 1.29 is 0 Å². The van der Waals surface area contributed by atoms with Crippen LogP contribution < -0.4 is 0 Å². The molecule has 0 spiro atoms. The Hall–Kier alpha value is -1.38. The summed E-state index contributed by atoms with van der Waals surface area (Å²) in [7, 11) is 3.71. The summed E-state index contributed by atoms with van der Waals surface area (Å²) in [5.74, 6) is 0.834. The molecule has 0 aromatic carbocycles. The van der Waals surface area contributed by atoms with Crippen molar-refractivity contribution in [3.05, 3.63) is 24.0 Å². The van der Waals surface area contributed by atoms with Crippen LogP contribution in [0, 0.1) is 0 Å². The van der Waals surface area contributed by atoms with Crippen LogP contribution in [0.3, 0.4) is 0 Å². The summed E-state index contributed by atoms with van der Waals surface area (Å²) in [6.45, 7) is 5.98. The van der Waals surface area contributed by atoms with Crippen molar-refractivity contribution in [1.82, 2.24) is 4.90 Å². The Bertz CT molecular complexity index is 272. The minimum absolute atomic E-state index is 0.834. The van der Waals surface area contributed by atoms with Gasteiger partial charge in [0.05, 0.1) is 6.21 Å². The zero-order valence-corrected chi connectivity index (χ0v) is 9.65. The van der Waals surface area contributed by atoms with Crippen molar-refractivity contribution in [2.75, 3.05) is 14.1 Å². The topological polar surface area (TPSA) is 28.0 Å². The summed E-state index contributed by atoms with van der Waals surface area (Å²) in [5.41, 5.74) is 1.15. The normalized spacial score (nSPS) is 14.4. The van der Waals surface area contributed by atoms with Crippen LogP contribution in [0.2, 0.25) is 0 Å². The van der Waals surface area contributed by atoms with E-state index in [2.05, 4.69) is 9.98 Å². The number of amidine groups is 1. The Balaban J connectivity index is 4.83. The Kier molecular flexibility index (Phi) is 6.37. The molecule has 0 atom stereocenters. The molecule has 0 bridgehead atoms. The first-order valence-electron chi connectivity index (χ1n) is 4.65. The van der Waals surface area contributed by atoms with Gasteiger partial charge in [0.1, 0.15) is 5.84 Å². The third kappa shape index (κ3) is 4.03. The molecule has 0 heterocycles. The van der Waals surface area contributed by atoms with Crippen LogP contribution in [0.5, 0.6) is 0 Å². The van der Waals surface area contributed by atoms with Crippen LogP contribution in [0.25, 0.3) is 0 Å². The molecule has 0 saturated carbocycles. The third-order valence-corrected chi connectivity index (χ3v) is 1.89. The molecule has 0 aliphatic heterocycles. The van der Waals surface area contributed by atoms with Crippen LogP contribution in [-0.4, -0.2) is 31.0 Å². The number of hydrogen-bond donors (Lipinski definition) is 0. The summed E-state index contributed by atoms with van der Waals surface area (Å²) >= 11 is 0. The van der Waals surface area contributed by atoms with E-state index in [4.69, 9.17) is 0 Å². The highest BCUT2D eigenvalue weighted by molar-refractivity contribution is 6.29. The highest BCUT2D eigenvalue weighted by Gasteiger charge is 2.03. The molecular weight excluding hydrogens is 174 g/mol. The van der Waals surface area contributed by atoms with Crippen molar-refractivity contribution in [3.8, 4) is 0 Å². The molecule has 0 aromatic heterocycles. The molecule has 3 heteroatoms. The smallest absolute Gasteiger partial charge is 0.150 e. The molecule has 0 unspecified atom stereocenters. The SMILES string of the molecule is C\C=C/N=C(/C=N\C)N(C)/C(C)=C\C. The Labute approximate surface area is 86.6 Å². The molecular formula is C11H19N3. The molecule has 0 amide bonds. The standard InChI is InChI=1S/C11H19N3/c1-6-8-13-11(9-12-4)14(5)10(3)7-2/h6-9H,1-5H3/b8-6-,10-7-,12-9-,13-11-. The lowest BCUT2D eigenvalue weighted by Gasteiger charge is -2.18. The summed E-state index contributed by atoms with van der Waals surface area (Å²) in [5, 5.41) is 0. The van der Waals surface area contributed by atoms with Crippen molar-refractivity contribution in [3.63, 3.8) is 0 Å². The van der Waals surface area contributed by atoms with Crippen LogP contribution in [0.4, 0.5) is 0 Å². The fourth-order valence-electron chi connectivity index (χ4n) is 0.847. The van der Waals surface area contributed by atoms with E-state index in [-0.39, 0.29) is 0 Å². The van der Waals surface area contributed by atoms with Crippen molar-refractivity contribution in [1.29, 1.82) is 0 Å². The molecule has 78 valence electrons. The van der Waals surface area contributed by atoms with Crippen LogP contribution in [-0.2, 0) is 0 Å². The van der Waals surface area contributed by atoms with E-state index in [1.807, 2.05) is 44.9 Å². The van der Waals surface area contributed by atoms with E-state index in [1.165, 1.54) is 0 Å². The second-order valence-corrected chi connectivity index (χ2v) is 2.85. The van der Waals surface area contributed by atoms with E-state index in [1.54, 1.807) is 19.5 Å². The molecule has 0 radical (unpaired) electrons. The number of allylic oxidation sites excluding steroid dienone is 3. The molecule has 0 aliphatic rings. The first-order chi connectivity index (χ1) is 6.67. The average molecular weight is 193 g/mol. The molecule has 0 aromatic rings. The lowest BCUT2D eigenvalue weighted by Crippen LogP contribution is -2.25. The summed E-state index contributed by atoms with van der Waals surface area (Å²) in [6.07, 6.45) is 7.43. The summed E-state index contributed by atoms with van der Waals surface area (Å²) in [6, 6.07) is 0. The van der Waals surface area contributed by atoms with Gasteiger partial charge in [-0.05, 0) is 20.8 Å². The van der Waals surface area contributed by atoms with Gasteiger partial charge in [-0.15, -0.1) is 0 Å². The van der Waals surface area contributed by atoms with Gasteiger partial charge in [0, 0.05) is 26.0 Å². The molecule has 0 saturated heterocycles. The van der Waals surface area contributed by atoms with Gasteiger partial charge < -0.3 is 4.90 Å². The van der Waals surface area contributed by atoms with Gasteiger partial charge in [-0.1, -0.05) is 12.2 Å². The predicted molar refractivity (Wildman–Crippen MR) is 63.9 cm³/mol. The van der Waals surface area contributed by atoms with Gasteiger partial charge in [0.25, 0.3) is 0 Å². The lowest BCUT2D eigenvalue weighted by atomic mass is 10.4. The molecule has 0 rings (SSSR count). The quantitative estimate of drug-likeness (QED) is 0.500. The molecule has 0 aliphatic carbocycles. The minimum atomic E-state index is 0.834. The highest BCUT2D eigenvalue weighted by atomic mass is 15.2. The number of rotatable bonds is 3. The summed E-state index contributed by atoms with van der Waals surface area (Å²) in [4.78, 5) is 10.2. The molecule has 0 N–H and O–H groups in total. The van der Waals surface area contributed by atoms with Crippen molar-refractivity contribution in [2.45, 2.75) is 20.8 Å². The molecule has 3 nitrogen and oxygen atoms in total. The van der Waals surface area contributed by atoms with E-state index < -0.39 is 0 Å². The molecule has 0 fully saturated rings. The van der Waals surface area contributed by atoms with E-state index in [0.29, 0.717) is 0 Å². The number of aliphatic imine (C=N–C) groups is 2. The average Bonchev–Trinajstić information content (AvgIpc) is 2.22. The van der Waals surface area contributed by atoms with Gasteiger partial charge in [0.2, 0.25) is 0 Å². The zero-order valence-electron chi connectivity index (χ0n) is 9.65. The van der Waals surface area contributed by atoms with E-state index >= 15 is 0 Å². The highest BCUT2D eigenvalue weighted by Crippen LogP contribution is 2.00. The Morgan fingerprint density at radius 3 is 2.36 bits per heavy atom. The van der Waals surface area contributed by atoms with Gasteiger partial charge in [-0.3, -0.25) is 4.99 Å². The minimum Gasteiger partial charge on any atom is -0.333 e. The Morgan fingerprint density at radius 1 is 1.29 bits per heavy atom. The van der Waals surface area contributed by atoms with Gasteiger partial charge in [-0.2, -0.15) is 0 Å². The van der Waals surface area contributed by atoms with Crippen LogP contribution in [0.1, 0.15) is 20.8 Å². The maximum atomic E-state index is 4.27. The summed E-state index contributed by atoms with van der Waals surface area (Å²) < 4.78 is 0. The predicted octanol–water partition coefficient (Wildman–Crippen LogP) is 2.47. The third-order valence-electron chi connectivity index (χ3n) is 1.89.